The lowest BCUT2D eigenvalue weighted by Crippen LogP contribution is -2.20. The van der Waals surface area contributed by atoms with Gasteiger partial charge in [-0.25, -0.2) is 8.42 Å². The normalized spacial score (nSPS) is 11.1. The number of benzene rings is 2. The van der Waals surface area contributed by atoms with E-state index in [2.05, 4.69) is 15.5 Å². The molecule has 0 atom stereocenters. The van der Waals surface area contributed by atoms with Gasteiger partial charge in [-0.2, -0.15) is 0 Å². The lowest BCUT2D eigenvalue weighted by atomic mass is 10.2. The van der Waals surface area contributed by atoms with Crippen molar-refractivity contribution in [2.75, 3.05) is 25.3 Å². The number of nitrogens with one attached hydrogen (secondary N) is 1. The van der Waals surface area contributed by atoms with Crippen LogP contribution in [0.3, 0.4) is 0 Å². The smallest absolute Gasteiger partial charge is 0.322 e. The molecule has 0 bridgehead atoms. The van der Waals surface area contributed by atoms with Crippen molar-refractivity contribution in [3.05, 3.63) is 48.5 Å². The van der Waals surface area contributed by atoms with E-state index in [1.807, 2.05) is 0 Å². The van der Waals surface area contributed by atoms with E-state index in [-0.39, 0.29) is 23.4 Å². The van der Waals surface area contributed by atoms with Gasteiger partial charge >= 0.3 is 6.01 Å². The van der Waals surface area contributed by atoms with Crippen LogP contribution in [-0.2, 0) is 14.6 Å². The number of amides is 1. The standard InChI is InChI=1S/C18H17N3O6S/c1-25-13-6-8-14(9-7-13)26-11-16(22)19-18-21-20-17(27-18)12-4-3-5-15(10-12)28(2,23)24/h3-10H,11H2,1-2H3,(H,19,21,22). The first-order chi connectivity index (χ1) is 13.3. The Hall–Kier alpha value is -3.40. The molecule has 0 aliphatic carbocycles. The molecule has 2 aromatic carbocycles. The lowest BCUT2D eigenvalue weighted by Gasteiger charge is -2.06. The topological polar surface area (TPSA) is 121 Å². The number of aromatic nitrogens is 2. The monoisotopic (exact) mass is 403 g/mol. The number of carbonyl (C=O) groups excluding carboxylic acids is 1. The first-order valence-electron chi connectivity index (χ1n) is 8.06. The summed E-state index contributed by atoms with van der Waals surface area (Å²) in [6, 6.07) is 12.7. The highest BCUT2D eigenvalue weighted by molar-refractivity contribution is 7.90. The van der Waals surface area contributed by atoms with Crippen molar-refractivity contribution in [1.29, 1.82) is 0 Å². The maximum atomic E-state index is 12.0. The molecule has 0 unspecified atom stereocenters. The van der Waals surface area contributed by atoms with Crippen molar-refractivity contribution in [3.63, 3.8) is 0 Å². The van der Waals surface area contributed by atoms with Crippen LogP contribution in [0.2, 0.25) is 0 Å². The fourth-order valence-corrected chi connectivity index (χ4v) is 2.89. The summed E-state index contributed by atoms with van der Waals surface area (Å²) in [7, 11) is -1.81. The van der Waals surface area contributed by atoms with Crippen LogP contribution in [0.1, 0.15) is 0 Å². The molecule has 1 N–H and O–H groups in total. The summed E-state index contributed by atoms with van der Waals surface area (Å²) in [6.07, 6.45) is 1.11. The molecule has 0 aliphatic heterocycles. The van der Waals surface area contributed by atoms with Crippen LogP contribution in [-0.4, -0.2) is 44.5 Å². The molecule has 0 aliphatic rings. The van der Waals surface area contributed by atoms with E-state index in [4.69, 9.17) is 13.9 Å². The van der Waals surface area contributed by atoms with Crippen LogP contribution in [0, 0.1) is 0 Å². The third-order valence-electron chi connectivity index (χ3n) is 3.61. The van der Waals surface area contributed by atoms with Crippen molar-refractivity contribution in [2.24, 2.45) is 0 Å². The minimum absolute atomic E-state index is 0.0804. The number of methoxy groups -OCH3 is 1. The van der Waals surface area contributed by atoms with Crippen LogP contribution >= 0.6 is 0 Å². The first-order valence-corrected chi connectivity index (χ1v) is 9.95. The van der Waals surface area contributed by atoms with E-state index in [1.165, 1.54) is 12.1 Å². The summed E-state index contributed by atoms with van der Waals surface area (Å²) >= 11 is 0. The van der Waals surface area contributed by atoms with Crippen molar-refractivity contribution < 1.29 is 27.1 Å². The molecule has 0 spiro atoms. The Morgan fingerprint density at radius 1 is 1.11 bits per heavy atom. The number of carbonyl (C=O) groups is 1. The van der Waals surface area contributed by atoms with Gasteiger partial charge in [0.15, 0.2) is 16.4 Å². The molecule has 3 aromatic rings. The summed E-state index contributed by atoms with van der Waals surface area (Å²) in [5.41, 5.74) is 0.422. The van der Waals surface area contributed by atoms with E-state index in [9.17, 15) is 13.2 Å². The van der Waals surface area contributed by atoms with Gasteiger partial charge in [-0.05, 0) is 42.5 Å². The molecule has 10 heteroatoms. The quantitative estimate of drug-likeness (QED) is 0.637. The van der Waals surface area contributed by atoms with Crippen LogP contribution in [0.5, 0.6) is 11.5 Å². The molecule has 0 saturated carbocycles. The number of hydrogen-bond donors (Lipinski definition) is 1. The van der Waals surface area contributed by atoms with Gasteiger partial charge in [0.25, 0.3) is 5.91 Å². The summed E-state index contributed by atoms with van der Waals surface area (Å²) in [6.45, 7) is -0.256. The van der Waals surface area contributed by atoms with E-state index in [0.29, 0.717) is 17.1 Å². The third kappa shape index (κ3) is 4.86. The van der Waals surface area contributed by atoms with Gasteiger partial charge in [0.05, 0.1) is 12.0 Å². The van der Waals surface area contributed by atoms with Crippen LogP contribution in [0.15, 0.2) is 57.8 Å². The molecule has 0 fully saturated rings. The summed E-state index contributed by atoms with van der Waals surface area (Å²) < 4.78 is 39.1. The molecule has 1 aromatic heterocycles. The van der Waals surface area contributed by atoms with Crippen molar-refractivity contribution >= 4 is 21.8 Å². The Bertz CT molecular complexity index is 1080. The third-order valence-corrected chi connectivity index (χ3v) is 4.72. The zero-order valence-corrected chi connectivity index (χ0v) is 15.9. The van der Waals surface area contributed by atoms with Gasteiger partial charge in [0.1, 0.15) is 11.5 Å². The van der Waals surface area contributed by atoms with Gasteiger partial charge in [0, 0.05) is 11.8 Å². The zero-order valence-electron chi connectivity index (χ0n) is 15.1. The SMILES string of the molecule is COc1ccc(OCC(=O)Nc2nnc(-c3cccc(S(C)(=O)=O)c3)o2)cc1. The van der Waals surface area contributed by atoms with Crippen molar-refractivity contribution in [2.45, 2.75) is 4.90 Å². The molecule has 3 rings (SSSR count). The summed E-state index contributed by atoms with van der Waals surface area (Å²) in [4.78, 5) is 12.1. The van der Waals surface area contributed by atoms with Gasteiger partial charge in [0.2, 0.25) is 5.89 Å². The maximum absolute atomic E-state index is 12.0. The average Bonchev–Trinajstić information content (AvgIpc) is 3.14. The van der Waals surface area contributed by atoms with E-state index in [0.717, 1.165) is 6.26 Å². The second-order valence-electron chi connectivity index (χ2n) is 5.72. The van der Waals surface area contributed by atoms with Gasteiger partial charge < -0.3 is 13.9 Å². The van der Waals surface area contributed by atoms with Crippen molar-refractivity contribution in [3.8, 4) is 23.0 Å². The first kappa shape index (κ1) is 19.4. The fraction of sp³-hybridized carbons (Fsp3) is 0.167. The summed E-state index contributed by atoms with van der Waals surface area (Å²) in [5, 5.41) is 9.97. The molecule has 1 amide bonds. The van der Waals surface area contributed by atoms with E-state index >= 15 is 0 Å². The second-order valence-corrected chi connectivity index (χ2v) is 7.74. The molecule has 9 nitrogen and oxygen atoms in total. The average molecular weight is 403 g/mol. The number of ether oxygens (including phenoxy) is 2. The molecule has 146 valence electrons. The minimum Gasteiger partial charge on any atom is -0.497 e. The van der Waals surface area contributed by atoms with Crippen molar-refractivity contribution in [1.82, 2.24) is 10.2 Å². The lowest BCUT2D eigenvalue weighted by molar-refractivity contribution is -0.118. The Morgan fingerprint density at radius 2 is 1.82 bits per heavy atom. The molecule has 28 heavy (non-hydrogen) atoms. The van der Waals surface area contributed by atoms with Crippen LogP contribution in [0.4, 0.5) is 6.01 Å². The van der Waals surface area contributed by atoms with Crippen LogP contribution in [0.25, 0.3) is 11.5 Å². The fourth-order valence-electron chi connectivity index (χ4n) is 2.23. The molecular formula is C18H17N3O6S. The Kier molecular flexibility index (Phi) is 5.59. The highest BCUT2D eigenvalue weighted by Crippen LogP contribution is 2.23. The Balaban J connectivity index is 1.61. The number of rotatable bonds is 7. The number of sulfone groups is 1. The molecule has 0 saturated heterocycles. The van der Waals surface area contributed by atoms with E-state index < -0.39 is 15.7 Å². The van der Waals surface area contributed by atoms with Gasteiger partial charge in [-0.15, -0.1) is 5.10 Å². The highest BCUT2D eigenvalue weighted by Gasteiger charge is 2.14. The number of hydrogen-bond acceptors (Lipinski definition) is 8. The minimum atomic E-state index is -3.37. The zero-order chi connectivity index (χ0) is 20.1. The number of nitrogens with zero attached hydrogens (tertiary/aromatic N) is 2. The number of anilines is 1. The van der Waals surface area contributed by atoms with Gasteiger partial charge in [-0.3, -0.25) is 10.1 Å². The maximum Gasteiger partial charge on any atom is 0.322 e. The second kappa shape index (κ2) is 8.09. The molecule has 0 radical (unpaired) electrons. The molecule has 1 heterocycles. The summed E-state index contributed by atoms with van der Waals surface area (Å²) in [5.74, 6) is 0.766. The van der Waals surface area contributed by atoms with Crippen LogP contribution < -0.4 is 14.8 Å². The predicted molar refractivity (Wildman–Crippen MR) is 100.0 cm³/mol. The predicted octanol–water partition coefficient (Wildman–Crippen LogP) is 2.17. The highest BCUT2D eigenvalue weighted by atomic mass is 32.2. The van der Waals surface area contributed by atoms with Gasteiger partial charge in [-0.1, -0.05) is 11.2 Å². The largest absolute Gasteiger partial charge is 0.497 e. The van der Waals surface area contributed by atoms with E-state index in [1.54, 1.807) is 43.5 Å². The Morgan fingerprint density at radius 3 is 2.50 bits per heavy atom. The molecular weight excluding hydrogens is 386 g/mol. The Labute approximate surface area is 161 Å².